The van der Waals surface area contributed by atoms with Gasteiger partial charge in [0.2, 0.25) is 0 Å². The van der Waals surface area contributed by atoms with Gasteiger partial charge < -0.3 is 5.32 Å². The molecule has 0 spiro atoms. The molecule has 1 saturated heterocycles. The third kappa shape index (κ3) is 3.99. The van der Waals surface area contributed by atoms with Crippen molar-refractivity contribution in [2.75, 3.05) is 19.6 Å². The van der Waals surface area contributed by atoms with Gasteiger partial charge in [-0.2, -0.15) is 5.10 Å². The lowest BCUT2D eigenvalue weighted by Crippen LogP contribution is -2.42. The monoisotopic (exact) mass is 312 g/mol. The molecule has 1 aromatic heterocycles. The molecule has 1 aromatic rings. The second kappa shape index (κ2) is 7.61. The van der Waals surface area contributed by atoms with Crippen LogP contribution < -0.4 is 5.32 Å². The number of halogens is 1. The Bertz CT molecular complexity index is 457. The van der Waals surface area contributed by atoms with E-state index in [1.807, 2.05) is 11.6 Å². The normalized spacial score (nSPS) is 22.2. The molecule has 0 aromatic carbocycles. The van der Waals surface area contributed by atoms with Crippen LogP contribution in [0.2, 0.25) is 5.02 Å². The lowest BCUT2D eigenvalue weighted by molar-refractivity contribution is 0.226. The summed E-state index contributed by atoms with van der Waals surface area (Å²) in [6.45, 7) is 13.9. The number of nitrogens with zero attached hydrogens (tertiary/aromatic N) is 3. The van der Waals surface area contributed by atoms with E-state index < -0.39 is 0 Å². The molecule has 0 saturated carbocycles. The lowest BCUT2D eigenvalue weighted by atomic mass is 9.99. The first kappa shape index (κ1) is 16.8. The lowest BCUT2D eigenvalue weighted by Gasteiger charge is -2.28. The van der Waals surface area contributed by atoms with E-state index >= 15 is 0 Å². The van der Waals surface area contributed by atoms with E-state index in [2.05, 4.69) is 36.1 Å². The minimum atomic E-state index is 0.579. The van der Waals surface area contributed by atoms with Crippen molar-refractivity contribution in [3.8, 4) is 0 Å². The van der Waals surface area contributed by atoms with E-state index in [-0.39, 0.29) is 0 Å². The summed E-state index contributed by atoms with van der Waals surface area (Å²) >= 11 is 6.45. The van der Waals surface area contributed by atoms with Crippen molar-refractivity contribution in [2.24, 2.45) is 5.92 Å². The fraction of sp³-hybridized carbons (Fsp3) is 0.812. The van der Waals surface area contributed by atoms with Gasteiger partial charge in [-0.25, -0.2) is 0 Å². The average Bonchev–Trinajstić information content (AvgIpc) is 2.68. The first-order valence-corrected chi connectivity index (χ1v) is 8.62. The molecule has 2 rings (SSSR count). The van der Waals surface area contributed by atoms with Gasteiger partial charge in [0.15, 0.2) is 0 Å². The SMILES string of the molecule is CCC(C)C1CN(Cc2c(Cl)c(C)nn2CC)CCCN1. The quantitative estimate of drug-likeness (QED) is 0.907. The largest absolute Gasteiger partial charge is 0.312 e. The minimum Gasteiger partial charge on any atom is -0.312 e. The fourth-order valence-electron chi connectivity index (χ4n) is 3.07. The van der Waals surface area contributed by atoms with Crippen LogP contribution in [0.3, 0.4) is 0 Å². The van der Waals surface area contributed by atoms with Crippen LogP contribution in [0.15, 0.2) is 0 Å². The highest BCUT2D eigenvalue weighted by molar-refractivity contribution is 6.31. The summed E-state index contributed by atoms with van der Waals surface area (Å²) in [5, 5.41) is 9.07. The Labute approximate surface area is 133 Å². The molecule has 5 heteroatoms. The van der Waals surface area contributed by atoms with Crippen LogP contribution in [0.4, 0.5) is 0 Å². The maximum atomic E-state index is 6.45. The Morgan fingerprint density at radius 2 is 2.19 bits per heavy atom. The Balaban J connectivity index is 2.10. The van der Waals surface area contributed by atoms with Gasteiger partial charge in [-0.05, 0) is 39.3 Å². The van der Waals surface area contributed by atoms with Gasteiger partial charge in [-0.15, -0.1) is 0 Å². The smallest absolute Gasteiger partial charge is 0.0860 e. The Hall–Kier alpha value is -0.580. The maximum absolute atomic E-state index is 6.45. The van der Waals surface area contributed by atoms with Crippen LogP contribution >= 0.6 is 11.6 Å². The van der Waals surface area contributed by atoms with E-state index in [0.717, 1.165) is 43.4 Å². The summed E-state index contributed by atoms with van der Waals surface area (Å²) in [5.41, 5.74) is 2.11. The van der Waals surface area contributed by atoms with Gasteiger partial charge in [-0.1, -0.05) is 31.9 Å². The summed E-state index contributed by atoms with van der Waals surface area (Å²) in [6.07, 6.45) is 2.42. The molecule has 1 N–H and O–H groups in total. The number of aromatic nitrogens is 2. The molecular formula is C16H29ClN4. The molecular weight excluding hydrogens is 284 g/mol. The Kier molecular flexibility index (Phi) is 6.08. The van der Waals surface area contributed by atoms with Crippen molar-refractivity contribution in [1.82, 2.24) is 20.0 Å². The molecule has 0 aliphatic carbocycles. The third-order valence-electron chi connectivity index (χ3n) is 4.67. The highest BCUT2D eigenvalue weighted by Gasteiger charge is 2.23. The highest BCUT2D eigenvalue weighted by atomic mass is 35.5. The average molecular weight is 313 g/mol. The first-order chi connectivity index (χ1) is 10.1. The van der Waals surface area contributed by atoms with Crippen LogP contribution in [0, 0.1) is 12.8 Å². The number of rotatable bonds is 5. The molecule has 2 heterocycles. The molecule has 0 bridgehead atoms. The molecule has 4 nitrogen and oxygen atoms in total. The summed E-state index contributed by atoms with van der Waals surface area (Å²) in [5.74, 6) is 0.707. The van der Waals surface area contributed by atoms with Crippen LogP contribution in [0.1, 0.15) is 45.0 Å². The predicted molar refractivity (Wildman–Crippen MR) is 88.8 cm³/mol. The summed E-state index contributed by atoms with van der Waals surface area (Å²) < 4.78 is 2.05. The Morgan fingerprint density at radius 3 is 2.86 bits per heavy atom. The number of aryl methyl sites for hydroxylation is 2. The molecule has 120 valence electrons. The standard InChI is InChI=1S/C16H29ClN4/c1-5-12(3)14-10-20(9-7-8-18-14)11-15-16(17)13(4)19-21(15)6-2/h12,14,18H,5-11H2,1-4H3. The Morgan fingerprint density at radius 1 is 1.43 bits per heavy atom. The molecule has 1 fully saturated rings. The minimum absolute atomic E-state index is 0.579. The van der Waals surface area contributed by atoms with Crippen molar-refractivity contribution in [3.63, 3.8) is 0 Å². The zero-order chi connectivity index (χ0) is 15.4. The molecule has 1 aliphatic rings. The van der Waals surface area contributed by atoms with Gasteiger partial charge in [0, 0.05) is 25.7 Å². The first-order valence-electron chi connectivity index (χ1n) is 8.24. The van der Waals surface area contributed by atoms with Crippen molar-refractivity contribution in [2.45, 2.75) is 59.7 Å². The molecule has 2 atom stereocenters. The van der Waals surface area contributed by atoms with Crippen LogP contribution in [-0.4, -0.2) is 40.4 Å². The zero-order valence-electron chi connectivity index (χ0n) is 13.8. The topological polar surface area (TPSA) is 33.1 Å². The van der Waals surface area contributed by atoms with E-state index in [4.69, 9.17) is 11.6 Å². The van der Waals surface area contributed by atoms with E-state index in [0.29, 0.717) is 12.0 Å². The molecule has 0 radical (unpaired) electrons. The molecule has 2 unspecified atom stereocenters. The summed E-state index contributed by atoms with van der Waals surface area (Å²) in [4.78, 5) is 2.53. The van der Waals surface area contributed by atoms with Gasteiger partial charge >= 0.3 is 0 Å². The number of hydrogen-bond donors (Lipinski definition) is 1. The van der Waals surface area contributed by atoms with Gasteiger partial charge in [0.1, 0.15) is 0 Å². The van der Waals surface area contributed by atoms with Crippen molar-refractivity contribution < 1.29 is 0 Å². The van der Waals surface area contributed by atoms with Crippen molar-refractivity contribution in [1.29, 1.82) is 0 Å². The molecule has 1 aliphatic heterocycles. The van der Waals surface area contributed by atoms with E-state index in [9.17, 15) is 0 Å². The maximum Gasteiger partial charge on any atom is 0.0860 e. The highest BCUT2D eigenvalue weighted by Crippen LogP contribution is 2.23. The second-order valence-corrected chi connectivity index (χ2v) is 6.57. The predicted octanol–water partition coefficient (Wildman–Crippen LogP) is 3.07. The summed E-state index contributed by atoms with van der Waals surface area (Å²) in [7, 11) is 0. The van der Waals surface area contributed by atoms with E-state index in [1.165, 1.54) is 18.5 Å². The van der Waals surface area contributed by atoms with Crippen LogP contribution in [-0.2, 0) is 13.1 Å². The third-order valence-corrected chi connectivity index (χ3v) is 5.16. The van der Waals surface area contributed by atoms with Crippen molar-refractivity contribution >= 4 is 11.6 Å². The summed E-state index contributed by atoms with van der Waals surface area (Å²) in [6, 6.07) is 0.579. The molecule has 21 heavy (non-hydrogen) atoms. The van der Waals surface area contributed by atoms with E-state index in [1.54, 1.807) is 0 Å². The molecule has 0 amide bonds. The van der Waals surface area contributed by atoms with Crippen molar-refractivity contribution in [3.05, 3.63) is 16.4 Å². The van der Waals surface area contributed by atoms with Gasteiger partial charge in [0.05, 0.1) is 16.4 Å². The van der Waals surface area contributed by atoms with Crippen LogP contribution in [0.25, 0.3) is 0 Å². The number of hydrogen-bond acceptors (Lipinski definition) is 3. The van der Waals surface area contributed by atoms with Gasteiger partial charge in [-0.3, -0.25) is 9.58 Å². The zero-order valence-corrected chi connectivity index (χ0v) is 14.6. The van der Waals surface area contributed by atoms with Gasteiger partial charge in [0.25, 0.3) is 0 Å². The number of nitrogens with one attached hydrogen (secondary N) is 1. The van der Waals surface area contributed by atoms with Crippen LogP contribution in [0.5, 0.6) is 0 Å². The second-order valence-electron chi connectivity index (χ2n) is 6.20. The fourth-order valence-corrected chi connectivity index (χ4v) is 3.26.